The van der Waals surface area contributed by atoms with Gasteiger partial charge in [-0.05, 0) is 43.5 Å². The van der Waals surface area contributed by atoms with E-state index >= 15 is 0 Å². The molecule has 0 saturated carbocycles. The van der Waals surface area contributed by atoms with Crippen molar-refractivity contribution >= 4 is 10.9 Å². The number of hydrogen-bond acceptors (Lipinski definition) is 4. The number of rotatable bonds is 2. The van der Waals surface area contributed by atoms with Gasteiger partial charge in [-0.15, -0.1) is 0 Å². The minimum atomic E-state index is 0.476. The van der Waals surface area contributed by atoms with Crippen LogP contribution in [0.1, 0.15) is 41.5 Å². The van der Waals surface area contributed by atoms with Gasteiger partial charge in [0.25, 0.3) is 0 Å². The zero-order chi connectivity index (χ0) is 16.1. The van der Waals surface area contributed by atoms with Crippen LogP contribution >= 0.6 is 0 Å². The summed E-state index contributed by atoms with van der Waals surface area (Å²) in [5, 5.41) is 1.22. The van der Waals surface area contributed by atoms with Crippen LogP contribution in [-0.2, 0) is 13.0 Å². The maximum absolute atomic E-state index is 4.69. The summed E-state index contributed by atoms with van der Waals surface area (Å²) in [5.74, 6) is 0.892. The number of hydrogen-bond donors (Lipinski definition) is 0. The average molecular weight is 316 g/mol. The second-order valence-electron chi connectivity index (χ2n) is 6.97. The molecule has 4 nitrogen and oxygen atoms in total. The molecule has 1 saturated heterocycles. The van der Waals surface area contributed by atoms with Crippen molar-refractivity contribution in [3.63, 3.8) is 0 Å². The topological polar surface area (TPSA) is 41.9 Å². The predicted octanol–water partition coefficient (Wildman–Crippen LogP) is 3.60. The third kappa shape index (κ3) is 2.21. The van der Waals surface area contributed by atoms with Gasteiger partial charge >= 0.3 is 0 Å². The maximum atomic E-state index is 4.69. The van der Waals surface area contributed by atoms with Gasteiger partial charge in [0, 0.05) is 48.4 Å². The van der Waals surface area contributed by atoms with Crippen LogP contribution in [0.5, 0.6) is 0 Å². The monoisotopic (exact) mass is 316 g/mol. The van der Waals surface area contributed by atoms with Crippen molar-refractivity contribution < 1.29 is 0 Å². The van der Waals surface area contributed by atoms with Gasteiger partial charge in [-0.3, -0.25) is 9.88 Å². The molecule has 1 fully saturated rings. The van der Waals surface area contributed by atoms with E-state index < -0.39 is 0 Å². The van der Waals surface area contributed by atoms with E-state index in [4.69, 9.17) is 4.98 Å². The van der Waals surface area contributed by atoms with Crippen molar-refractivity contribution in [2.45, 2.75) is 44.8 Å². The quantitative estimate of drug-likeness (QED) is 0.724. The van der Waals surface area contributed by atoms with E-state index in [-0.39, 0.29) is 0 Å². The van der Waals surface area contributed by atoms with Crippen LogP contribution in [0.3, 0.4) is 0 Å². The molecule has 0 radical (unpaired) electrons. The SMILES string of the molecule is Cc1ncc2c(n1)C[C@@H]1CC[C@@H]2N1Cc1ccc2ncccc2c1. The Balaban J connectivity index is 1.48. The predicted molar refractivity (Wildman–Crippen MR) is 93.5 cm³/mol. The highest BCUT2D eigenvalue weighted by atomic mass is 15.2. The highest BCUT2D eigenvalue weighted by Gasteiger charge is 2.40. The molecule has 3 aromatic rings. The van der Waals surface area contributed by atoms with E-state index in [1.807, 2.05) is 19.2 Å². The molecule has 2 aromatic heterocycles. The van der Waals surface area contributed by atoms with E-state index in [0.29, 0.717) is 12.1 Å². The fourth-order valence-corrected chi connectivity index (χ4v) is 4.35. The zero-order valence-corrected chi connectivity index (χ0v) is 13.8. The normalized spacial score (nSPS) is 22.7. The Kier molecular flexibility index (Phi) is 3.13. The summed E-state index contributed by atoms with van der Waals surface area (Å²) < 4.78 is 0. The number of aromatic nitrogens is 3. The van der Waals surface area contributed by atoms with Gasteiger partial charge in [0.1, 0.15) is 5.82 Å². The molecular weight excluding hydrogens is 296 g/mol. The number of pyridine rings is 1. The molecule has 120 valence electrons. The number of aryl methyl sites for hydroxylation is 1. The summed E-state index contributed by atoms with van der Waals surface area (Å²) in [6.07, 6.45) is 7.45. The Hall–Kier alpha value is -2.33. The lowest BCUT2D eigenvalue weighted by molar-refractivity contribution is 0.166. The fraction of sp³-hybridized carbons (Fsp3) is 0.350. The number of nitrogens with zero attached hydrogens (tertiary/aromatic N) is 4. The first kappa shape index (κ1) is 14.1. The molecule has 5 rings (SSSR count). The van der Waals surface area contributed by atoms with Gasteiger partial charge in [0.2, 0.25) is 0 Å². The Morgan fingerprint density at radius 3 is 3.08 bits per heavy atom. The minimum absolute atomic E-state index is 0.476. The Morgan fingerprint density at radius 2 is 2.12 bits per heavy atom. The highest BCUT2D eigenvalue weighted by molar-refractivity contribution is 5.78. The molecular formula is C20H20N4. The van der Waals surface area contributed by atoms with Crippen LogP contribution in [-0.4, -0.2) is 25.9 Å². The molecule has 0 N–H and O–H groups in total. The first-order chi connectivity index (χ1) is 11.8. The van der Waals surface area contributed by atoms with E-state index in [9.17, 15) is 0 Å². The van der Waals surface area contributed by atoms with Gasteiger partial charge in [-0.25, -0.2) is 9.97 Å². The van der Waals surface area contributed by atoms with Gasteiger partial charge in [0.15, 0.2) is 0 Å². The van der Waals surface area contributed by atoms with Crippen LogP contribution in [0.15, 0.2) is 42.7 Å². The minimum Gasteiger partial charge on any atom is -0.289 e. The third-order valence-corrected chi connectivity index (χ3v) is 5.48. The van der Waals surface area contributed by atoms with Gasteiger partial charge in [0.05, 0.1) is 11.2 Å². The molecule has 1 aromatic carbocycles. The highest BCUT2D eigenvalue weighted by Crippen LogP contribution is 2.43. The maximum Gasteiger partial charge on any atom is 0.125 e. The van der Waals surface area contributed by atoms with Crippen molar-refractivity contribution in [2.24, 2.45) is 0 Å². The van der Waals surface area contributed by atoms with Crippen molar-refractivity contribution in [3.05, 3.63) is 65.4 Å². The van der Waals surface area contributed by atoms with Crippen LogP contribution in [0.4, 0.5) is 0 Å². The van der Waals surface area contributed by atoms with E-state index in [2.05, 4.69) is 45.3 Å². The molecule has 0 spiro atoms. The summed E-state index contributed by atoms with van der Waals surface area (Å²) in [7, 11) is 0. The van der Waals surface area contributed by atoms with Crippen molar-refractivity contribution in [2.75, 3.05) is 0 Å². The molecule has 0 aliphatic carbocycles. The van der Waals surface area contributed by atoms with Crippen molar-refractivity contribution in [3.8, 4) is 0 Å². The van der Waals surface area contributed by atoms with Crippen molar-refractivity contribution in [1.29, 1.82) is 0 Å². The molecule has 2 aliphatic heterocycles. The number of benzene rings is 1. The Morgan fingerprint density at radius 1 is 1.17 bits per heavy atom. The van der Waals surface area contributed by atoms with Gasteiger partial charge < -0.3 is 0 Å². The lowest BCUT2D eigenvalue weighted by atomic mass is 9.98. The van der Waals surface area contributed by atoms with Crippen molar-refractivity contribution in [1.82, 2.24) is 19.9 Å². The lowest BCUT2D eigenvalue weighted by Gasteiger charge is -2.35. The van der Waals surface area contributed by atoms with Crippen LogP contribution in [0.25, 0.3) is 10.9 Å². The third-order valence-electron chi connectivity index (χ3n) is 5.48. The largest absolute Gasteiger partial charge is 0.289 e. The Bertz CT molecular complexity index is 920. The van der Waals surface area contributed by atoms with Crippen LogP contribution in [0, 0.1) is 6.92 Å². The first-order valence-corrected chi connectivity index (χ1v) is 8.70. The van der Waals surface area contributed by atoms with E-state index in [1.165, 1.54) is 35.0 Å². The molecule has 2 bridgehead atoms. The molecule has 24 heavy (non-hydrogen) atoms. The van der Waals surface area contributed by atoms with E-state index in [1.54, 1.807) is 0 Å². The molecule has 0 unspecified atom stereocenters. The fourth-order valence-electron chi connectivity index (χ4n) is 4.35. The molecule has 4 heterocycles. The first-order valence-electron chi connectivity index (χ1n) is 8.70. The molecule has 4 heteroatoms. The summed E-state index contributed by atoms with van der Waals surface area (Å²) >= 11 is 0. The number of fused-ring (bicyclic) bond motifs is 5. The Labute approximate surface area is 141 Å². The van der Waals surface area contributed by atoms with Gasteiger partial charge in [-0.2, -0.15) is 0 Å². The van der Waals surface area contributed by atoms with E-state index in [0.717, 1.165) is 24.3 Å². The summed E-state index contributed by atoms with van der Waals surface area (Å²) in [4.78, 5) is 16.2. The summed E-state index contributed by atoms with van der Waals surface area (Å²) in [6, 6.07) is 11.9. The average Bonchev–Trinajstić information content (AvgIpc) is 2.87. The standard InChI is InChI=1S/C20H20N4/c1-13-22-11-17-19(23-13)10-16-5-7-20(17)24(16)12-14-4-6-18-15(9-14)3-2-8-21-18/h2-4,6,8-9,11,16,20H,5,7,10,12H2,1H3/t16-,20-/m0/s1. The summed E-state index contributed by atoms with van der Waals surface area (Å²) in [6.45, 7) is 2.98. The van der Waals surface area contributed by atoms with Crippen LogP contribution in [0.2, 0.25) is 0 Å². The smallest absolute Gasteiger partial charge is 0.125 e. The van der Waals surface area contributed by atoms with Crippen LogP contribution < -0.4 is 0 Å². The summed E-state index contributed by atoms with van der Waals surface area (Å²) in [5.41, 5.74) is 5.05. The molecule has 2 atom stereocenters. The molecule has 0 amide bonds. The zero-order valence-electron chi connectivity index (χ0n) is 13.8. The lowest BCUT2D eigenvalue weighted by Crippen LogP contribution is -2.37. The second-order valence-corrected chi connectivity index (χ2v) is 6.97. The van der Waals surface area contributed by atoms with Gasteiger partial charge in [-0.1, -0.05) is 12.1 Å². The second kappa shape index (κ2) is 5.35. The molecule has 2 aliphatic rings.